The van der Waals surface area contributed by atoms with Crippen LogP contribution in [0.25, 0.3) is 0 Å². The van der Waals surface area contributed by atoms with Crippen LogP contribution >= 0.6 is 11.6 Å². The van der Waals surface area contributed by atoms with Gasteiger partial charge in [-0.1, -0.05) is 11.6 Å². The van der Waals surface area contributed by atoms with E-state index in [1.165, 1.54) is 4.57 Å². The number of aromatic nitrogens is 3. The Hall–Kier alpha value is -2.08. The van der Waals surface area contributed by atoms with E-state index in [1.807, 2.05) is 13.1 Å². The second-order valence-corrected chi connectivity index (χ2v) is 5.31. The highest BCUT2D eigenvalue weighted by Gasteiger charge is 2.14. The summed E-state index contributed by atoms with van der Waals surface area (Å²) >= 11 is 6.03. The molecule has 0 aromatic carbocycles. The standard InChI is InChI=1S/C15H18ClN3O3/c1-3-22-14(20)8-12-13(16)4-5-18(15(12)21)6-7-19-10-11(2)9-17-19/h4-5,9-10H,3,6-8H2,1-2H3. The Morgan fingerprint density at radius 2 is 2.18 bits per heavy atom. The fourth-order valence-corrected chi connectivity index (χ4v) is 2.30. The van der Waals surface area contributed by atoms with Crippen LogP contribution in [0.3, 0.4) is 0 Å². The minimum atomic E-state index is -0.457. The molecule has 0 atom stereocenters. The number of rotatable bonds is 6. The van der Waals surface area contributed by atoms with E-state index in [0.29, 0.717) is 13.1 Å². The van der Waals surface area contributed by atoms with E-state index in [9.17, 15) is 9.59 Å². The van der Waals surface area contributed by atoms with Crippen molar-refractivity contribution in [1.29, 1.82) is 0 Å². The van der Waals surface area contributed by atoms with Gasteiger partial charge in [0.05, 0.1) is 30.8 Å². The molecule has 2 aromatic heterocycles. The molecular weight excluding hydrogens is 306 g/mol. The Kier molecular flexibility index (Phi) is 5.38. The van der Waals surface area contributed by atoms with Gasteiger partial charge in [-0.15, -0.1) is 0 Å². The lowest BCUT2D eigenvalue weighted by Crippen LogP contribution is -2.27. The SMILES string of the molecule is CCOC(=O)Cc1c(Cl)ccn(CCn2cc(C)cn2)c1=O. The van der Waals surface area contributed by atoms with Gasteiger partial charge in [0.2, 0.25) is 0 Å². The first-order valence-electron chi connectivity index (χ1n) is 7.03. The maximum atomic E-state index is 12.4. The second kappa shape index (κ2) is 7.26. The van der Waals surface area contributed by atoms with Crippen LogP contribution in [0.5, 0.6) is 0 Å². The molecule has 0 aliphatic heterocycles. The van der Waals surface area contributed by atoms with E-state index in [0.717, 1.165) is 5.56 Å². The summed E-state index contributed by atoms with van der Waals surface area (Å²) in [4.78, 5) is 24.0. The number of esters is 1. The van der Waals surface area contributed by atoms with Gasteiger partial charge in [0.1, 0.15) is 0 Å². The third kappa shape index (κ3) is 3.98. The van der Waals surface area contributed by atoms with Crippen molar-refractivity contribution < 1.29 is 9.53 Å². The Bertz CT molecular complexity index is 721. The van der Waals surface area contributed by atoms with Gasteiger partial charge in [-0.2, -0.15) is 5.10 Å². The van der Waals surface area contributed by atoms with Crippen LogP contribution in [0.1, 0.15) is 18.1 Å². The molecule has 0 fully saturated rings. The number of pyridine rings is 1. The maximum absolute atomic E-state index is 12.4. The second-order valence-electron chi connectivity index (χ2n) is 4.90. The quantitative estimate of drug-likeness (QED) is 0.760. The maximum Gasteiger partial charge on any atom is 0.310 e. The Morgan fingerprint density at radius 3 is 2.82 bits per heavy atom. The van der Waals surface area contributed by atoms with E-state index in [-0.39, 0.29) is 29.2 Å². The van der Waals surface area contributed by atoms with E-state index in [4.69, 9.17) is 16.3 Å². The number of carbonyl (C=O) groups excluding carboxylic acids is 1. The minimum Gasteiger partial charge on any atom is -0.466 e. The monoisotopic (exact) mass is 323 g/mol. The Balaban J connectivity index is 2.15. The molecule has 22 heavy (non-hydrogen) atoms. The lowest BCUT2D eigenvalue weighted by molar-refractivity contribution is -0.142. The van der Waals surface area contributed by atoms with Crippen molar-refractivity contribution >= 4 is 17.6 Å². The molecule has 0 spiro atoms. The van der Waals surface area contributed by atoms with Gasteiger partial charge < -0.3 is 9.30 Å². The van der Waals surface area contributed by atoms with Gasteiger partial charge in [-0.25, -0.2) is 0 Å². The molecule has 0 unspecified atom stereocenters. The van der Waals surface area contributed by atoms with Gasteiger partial charge in [0.15, 0.2) is 0 Å². The average Bonchev–Trinajstić information content (AvgIpc) is 2.88. The number of aryl methyl sites for hydroxylation is 3. The zero-order chi connectivity index (χ0) is 16.1. The molecule has 0 N–H and O–H groups in total. The van der Waals surface area contributed by atoms with Crippen LogP contribution in [0.2, 0.25) is 5.02 Å². The highest BCUT2D eigenvalue weighted by Crippen LogP contribution is 2.12. The zero-order valence-corrected chi connectivity index (χ0v) is 13.3. The Labute approximate surface area is 133 Å². The van der Waals surface area contributed by atoms with Gasteiger partial charge in [0.25, 0.3) is 5.56 Å². The van der Waals surface area contributed by atoms with Crippen molar-refractivity contribution in [3.63, 3.8) is 0 Å². The molecule has 0 amide bonds. The number of hydrogen-bond acceptors (Lipinski definition) is 4. The number of carbonyl (C=O) groups is 1. The topological polar surface area (TPSA) is 66.1 Å². The third-order valence-corrected chi connectivity index (χ3v) is 3.52. The summed E-state index contributed by atoms with van der Waals surface area (Å²) < 4.78 is 8.16. The molecule has 0 aliphatic rings. The van der Waals surface area contributed by atoms with Crippen molar-refractivity contribution in [2.24, 2.45) is 0 Å². The van der Waals surface area contributed by atoms with E-state index < -0.39 is 5.97 Å². The van der Waals surface area contributed by atoms with Crippen LogP contribution < -0.4 is 5.56 Å². The van der Waals surface area contributed by atoms with Crippen LogP contribution in [-0.4, -0.2) is 26.9 Å². The molecule has 0 saturated heterocycles. The number of ether oxygens (including phenoxy) is 1. The summed E-state index contributed by atoms with van der Waals surface area (Å²) in [7, 11) is 0. The zero-order valence-electron chi connectivity index (χ0n) is 12.6. The van der Waals surface area contributed by atoms with Crippen molar-refractivity contribution in [2.45, 2.75) is 33.4 Å². The lowest BCUT2D eigenvalue weighted by atomic mass is 10.2. The summed E-state index contributed by atoms with van der Waals surface area (Å²) in [6.45, 7) is 4.96. The van der Waals surface area contributed by atoms with Gasteiger partial charge in [-0.3, -0.25) is 14.3 Å². The molecule has 6 nitrogen and oxygen atoms in total. The summed E-state index contributed by atoms with van der Waals surface area (Å²) in [5, 5.41) is 4.46. The average molecular weight is 324 g/mol. The fourth-order valence-electron chi connectivity index (χ4n) is 2.09. The number of hydrogen-bond donors (Lipinski definition) is 0. The normalized spacial score (nSPS) is 10.7. The molecule has 2 heterocycles. The molecule has 0 aliphatic carbocycles. The summed E-state index contributed by atoms with van der Waals surface area (Å²) in [5.41, 5.74) is 1.05. The van der Waals surface area contributed by atoms with Crippen molar-refractivity contribution in [3.05, 3.63) is 51.2 Å². The minimum absolute atomic E-state index is 0.118. The molecule has 0 bridgehead atoms. The molecule has 7 heteroatoms. The van der Waals surface area contributed by atoms with E-state index >= 15 is 0 Å². The smallest absolute Gasteiger partial charge is 0.310 e. The van der Waals surface area contributed by atoms with Gasteiger partial charge in [-0.05, 0) is 25.5 Å². The van der Waals surface area contributed by atoms with E-state index in [2.05, 4.69) is 5.10 Å². The van der Waals surface area contributed by atoms with Gasteiger partial charge in [0, 0.05) is 24.5 Å². The molecule has 0 saturated carbocycles. The summed E-state index contributed by atoms with van der Waals surface area (Å²) in [5.74, 6) is -0.457. The van der Waals surface area contributed by atoms with Crippen LogP contribution in [0, 0.1) is 6.92 Å². The first kappa shape index (κ1) is 16.3. The van der Waals surface area contributed by atoms with Crippen LogP contribution in [0.15, 0.2) is 29.5 Å². The van der Waals surface area contributed by atoms with Crippen LogP contribution in [0.4, 0.5) is 0 Å². The number of halogens is 1. The first-order chi connectivity index (χ1) is 10.5. The first-order valence-corrected chi connectivity index (χ1v) is 7.41. The van der Waals surface area contributed by atoms with E-state index in [1.54, 1.807) is 30.1 Å². The predicted molar refractivity (Wildman–Crippen MR) is 83.0 cm³/mol. The highest BCUT2D eigenvalue weighted by molar-refractivity contribution is 6.31. The van der Waals surface area contributed by atoms with Crippen molar-refractivity contribution in [1.82, 2.24) is 14.3 Å². The summed E-state index contributed by atoms with van der Waals surface area (Å²) in [6, 6.07) is 1.62. The number of nitrogens with zero attached hydrogens (tertiary/aromatic N) is 3. The van der Waals surface area contributed by atoms with Crippen LogP contribution in [-0.2, 0) is 29.0 Å². The molecule has 2 rings (SSSR count). The van der Waals surface area contributed by atoms with Crippen molar-refractivity contribution in [2.75, 3.05) is 6.61 Å². The molecule has 0 radical (unpaired) electrons. The third-order valence-electron chi connectivity index (χ3n) is 3.17. The predicted octanol–water partition coefficient (Wildman–Crippen LogP) is 1.81. The van der Waals surface area contributed by atoms with Crippen molar-refractivity contribution in [3.8, 4) is 0 Å². The Morgan fingerprint density at radius 1 is 1.41 bits per heavy atom. The molecule has 2 aromatic rings. The summed E-state index contributed by atoms with van der Waals surface area (Å²) in [6.07, 6.45) is 5.17. The highest BCUT2D eigenvalue weighted by atomic mass is 35.5. The fraction of sp³-hybridized carbons (Fsp3) is 0.400. The molecular formula is C15H18ClN3O3. The van der Waals surface area contributed by atoms with Gasteiger partial charge >= 0.3 is 5.97 Å². The largest absolute Gasteiger partial charge is 0.466 e. The lowest BCUT2D eigenvalue weighted by Gasteiger charge is -2.10. The molecule has 118 valence electrons.